The molecule has 1 amide bonds. The summed E-state index contributed by atoms with van der Waals surface area (Å²) in [6.45, 7) is 3.28. The van der Waals surface area contributed by atoms with Gasteiger partial charge in [0.25, 0.3) is 0 Å². The van der Waals surface area contributed by atoms with Crippen LogP contribution in [0.1, 0.15) is 35.3 Å². The Kier molecular flexibility index (Phi) is 6.06. The second kappa shape index (κ2) is 8.67. The minimum Gasteiger partial charge on any atom is -0.431 e. The predicted molar refractivity (Wildman–Crippen MR) is 102 cm³/mol. The molecule has 0 N–H and O–H groups in total. The number of oxazole rings is 1. The normalized spacial score (nSPS) is 10.5. The maximum Gasteiger partial charge on any atom is 0.332 e. The molecule has 1 aromatic carbocycles. The van der Waals surface area contributed by atoms with E-state index in [0.29, 0.717) is 22.0 Å². The molecular formula is C20H18ClN3O4. The highest BCUT2D eigenvalue weighted by Crippen LogP contribution is 2.24. The van der Waals surface area contributed by atoms with Gasteiger partial charge in [-0.1, -0.05) is 24.6 Å². The zero-order valence-corrected chi connectivity index (χ0v) is 16.1. The number of aryl methyl sites for hydroxylation is 1. The first-order valence-corrected chi connectivity index (χ1v) is 9.01. The summed E-state index contributed by atoms with van der Waals surface area (Å²) in [5.41, 5.74) is 1.62. The minimum absolute atomic E-state index is 0.00946. The molecule has 144 valence electrons. The van der Waals surface area contributed by atoms with Gasteiger partial charge in [0.1, 0.15) is 6.54 Å². The summed E-state index contributed by atoms with van der Waals surface area (Å²) in [5, 5.41) is 1.52. The van der Waals surface area contributed by atoms with E-state index >= 15 is 0 Å². The van der Waals surface area contributed by atoms with Crippen molar-refractivity contribution in [3.63, 3.8) is 0 Å². The highest BCUT2D eigenvalue weighted by Gasteiger charge is 2.27. The van der Waals surface area contributed by atoms with Crippen molar-refractivity contribution < 1.29 is 18.8 Å². The van der Waals surface area contributed by atoms with E-state index in [1.165, 1.54) is 0 Å². The van der Waals surface area contributed by atoms with E-state index in [4.69, 9.17) is 20.9 Å². The van der Waals surface area contributed by atoms with Crippen LogP contribution in [-0.2, 0) is 16.2 Å². The molecule has 0 aliphatic heterocycles. The van der Waals surface area contributed by atoms with E-state index in [2.05, 4.69) is 9.97 Å². The molecule has 0 aliphatic carbocycles. The van der Waals surface area contributed by atoms with Gasteiger partial charge < -0.3 is 9.25 Å². The van der Waals surface area contributed by atoms with E-state index in [1.807, 2.05) is 0 Å². The predicted octanol–water partition coefficient (Wildman–Crippen LogP) is 4.21. The summed E-state index contributed by atoms with van der Waals surface area (Å²) < 4.78 is 5.68. The number of hydroxylamine groups is 2. The van der Waals surface area contributed by atoms with E-state index in [9.17, 15) is 9.59 Å². The highest BCUT2D eigenvalue weighted by atomic mass is 35.5. The number of halogens is 1. The number of nitrogens with zero attached hydrogens (tertiary/aromatic N) is 3. The number of rotatable bonds is 5. The first-order chi connectivity index (χ1) is 13.5. The summed E-state index contributed by atoms with van der Waals surface area (Å²) >= 11 is 5.90. The van der Waals surface area contributed by atoms with Gasteiger partial charge in [-0.15, -0.1) is 0 Å². The number of hydrogen-bond donors (Lipinski definition) is 0. The second-order valence-corrected chi connectivity index (χ2v) is 6.36. The van der Waals surface area contributed by atoms with Crippen molar-refractivity contribution >= 4 is 23.5 Å². The van der Waals surface area contributed by atoms with Crippen LogP contribution in [0, 0.1) is 6.92 Å². The summed E-state index contributed by atoms with van der Waals surface area (Å²) in [4.78, 5) is 38.5. The smallest absolute Gasteiger partial charge is 0.332 e. The van der Waals surface area contributed by atoms with Crippen LogP contribution in [0.2, 0.25) is 5.02 Å². The van der Waals surface area contributed by atoms with Crippen molar-refractivity contribution in [2.75, 3.05) is 0 Å². The van der Waals surface area contributed by atoms with Gasteiger partial charge in [-0.2, -0.15) is 5.06 Å². The standard InChI is InChI=1S/C20H18ClN3O4/c1-3-17(25)28-24(12-16-6-4-5-11-22-16)20(26)18-13(2)23-19(27-18)14-7-9-15(21)10-8-14/h4-11H,3,12H2,1-2H3. The maximum atomic E-state index is 13.0. The topological polar surface area (TPSA) is 85.5 Å². The third-order valence-corrected chi connectivity index (χ3v) is 4.09. The lowest BCUT2D eigenvalue weighted by Gasteiger charge is -2.19. The Bertz CT molecular complexity index is 971. The van der Waals surface area contributed by atoms with Crippen LogP contribution in [0.25, 0.3) is 11.5 Å². The van der Waals surface area contributed by atoms with Gasteiger partial charge in [-0.25, -0.2) is 9.78 Å². The Balaban J connectivity index is 1.89. The number of pyridine rings is 1. The molecule has 0 fully saturated rings. The molecule has 0 radical (unpaired) electrons. The summed E-state index contributed by atoms with van der Waals surface area (Å²) in [7, 11) is 0. The minimum atomic E-state index is -0.613. The molecule has 0 unspecified atom stereocenters. The van der Waals surface area contributed by atoms with Crippen LogP contribution in [0.3, 0.4) is 0 Å². The van der Waals surface area contributed by atoms with Crippen LogP contribution in [-0.4, -0.2) is 26.9 Å². The monoisotopic (exact) mass is 399 g/mol. The number of carbonyl (C=O) groups is 2. The van der Waals surface area contributed by atoms with E-state index < -0.39 is 11.9 Å². The van der Waals surface area contributed by atoms with Gasteiger partial charge in [0.05, 0.1) is 11.4 Å². The van der Waals surface area contributed by atoms with Gasteiger partial charge in [-0.3, -0.25) is 9.78 Å². The molecule has 3 aromatic rings. The molecule has 7 nitrogen and oxygen atoms in total. The van der Waals surface area contributed by atoms with E-state index in [0.717, 1.165) is 5.06 Å². The fraction of sp³-hybridized carbons (Fsp3) is 0.200. The quantitative estimate of drug-likeness (QED) is 0.597. The van der Waals surface area contributed by atoms with Gasteiger partial charge in [-0.05, 0) is 43.3 Å². The molecule has 8 heteroatoms. The van der Waals surface area contributed by atoms with Crippen LogP contribution >= 0.6 is 11.6 Å². The second-order valence-electron chi connectivity index (χ2n) is 5.92. The average molecular weight is 400 g/mol. The average Bonchev–Trinajstić information content (AvgIpc) is 3.09. The number of amides is 1. The van der Waals surface area contributed by atoms with Gasteiger partial charge in [0, 0.05) is 23.2 Å². The maximum absolute atomic E-state index is 13.0. The molecule has 2 heterocycles. The largest absolute Gasteiger partial charge is 0.431 e. The molecule has 0 bridgehead atoms. The zero-order valence-electron chi connectivity index (χ0n) is 15.4. The molecule has 0 saturated heterocycles. The zero-order chi connectivity index (χ0) is 20.1. The number of carbonyl (C=O) groups excluding carboxylic acids is 2. The highest BCUT2D eigenvalue weighted by molar-refractivity contribution is 6.30. The van der Waals surface area contributed by atoms with Crippen molar-refractivity contribution in [2.45, 2.75) is 26.8 Å². The molecule has 0 spiro atoms. The summed E-state index contributed by atoms with van der Waals surface area (Å²) in [6, 6.07) is 12.2. The first-order valence-electron chi connectivity index (χ1n) is 8.64. The first kappa shape index (κ1) is 19.6. The van der Waals surface area contributed by atoms with Gasteiger partial charge >= 0.3 is 11.9 Å². The van der Waals surface area contributed by atoms with Crippen LogP contribution in [0.4, 0.5) is 0 Å². The Labute approximate surface area is 166 Å². The van der Waals surface area contributed by atoms with Gasteiger partial charge in [0.15, 0.2) is 0 Å². The van der Waals surface area contributed by atoms with Crippen LogP contribution in [0.15, 0.2) is 53.1 Å². The van der Waals surface area contributed by atoms with E-state index in [1.54, 1.807) is 62.5 Å². The molecule has 0 atom stereocenters. The lowest BCUT2D eigenvalue weighted by atomic mass is 10.2. The summed E-state index contributed by atoms with van der Waals surface area (Å²) in [5.74, 6) is -0.890. The SMILES string of the molecule is CCC(=O)ON(Cc1ccccn1)C(=O)c1oc(-c2ccc(Cl)cc2)nc1C. The lowest BCUT2D eigenvalue weighted by molar-refractivity contribution is -0.180. The number of aromatic nitrogens is 2. The Morgan fingerprint density at radius 1 is 1.18 bits per heavy atom. The van der Waals surface area contributed by atoms with Crippen molar-refractivity contribution in [1.82, 2.24) is 15.0 Å². The lowest BCUT2D eigenvalue weighted by Crippen LogP contribution is -2.33. The third kappa shape index (κ3) is 4.55. The molecule has 0 saturated carbocycles. The Morgan fingerprint density at radius 3 is 2.57 bits per heavy atom. The molecular weight excluding hydrogens is 382 g/mol. The molecule has 2 aromatic heterocycles. The molecule has 0 aliphatic rings. The van der Waals surface area contributed by atoms with Crippen molar-refractivity contribution in [1.29, 1.82) is 0 Å². The fourth-order valence-corrected chi connectivity index (χ4v) is 2.52. The van der Waals surface area contributed by atoms with Crippen LogP contribution < -0.4 is 0 Å². The van der Waals surface area contributed by atoms with Crippen molar-refractivity contribution in [2.24, 2.45) is 0 Å². The Hall–Kier alpha value is -3.19. The molecule has 3 rings (SSSR count). The van der Waals surface area contributed by atoms with Crippen LogP contribution in [0.5, 0.6) is 0 Å². The molecule has 28 heavy (non-hydrogen) atoms. The fourth-order valence-electron chi connectivity index (χ4n) is 2.40. The number of benzene rings is 1. The van der Waals surface area contributed by atoms with Crippen molar-refractivity contribution in [3.8, 4) is 11.5 Å². The third-order valence-electron chi connectivity index (χ3n) is 3.84. The summed E-state index contributed by atoms with van der Waals surface area (Å²) in [6.07, 6.45) is 1.72. The van der Waals surface area contributed by atoms with Crippen molar-refractivity contribution in [3.05, 3.63) is 70.8 Å². The Morgan fingerprint density at radius 2 is 1.93 bits per heavy atom. The van der Waals surface area contributed by atoms with E-state index in [-0.39, 0.29) is 24.6 Å². The van der Waals surface area contributed by atoms with Gasteiger partial charge in [0.2, 0.25) is 11.7 Å². The number of hydrogen-bond acceptors (Lipinski definition) is 6.